The molecular weight excluding hydrogens is 138 g/mol. The molecular formula is C8H17NSi. The average Bonchev–Trinajstić information content (AvgIpc) is 2.36. The molecule has 0 bridgehead atoms. The maximum absolute atomic E-state index is 3.71. The Bertz CT molecular complexity index is 161. The molecule has 0 radical (unpaired) electrons. The fourth-order valence-corrected chi connectivity index (χ4v) is 5.43. The van der Waals surface area contributed by atoms with Gasteiger partial charge in [0.05, 0.1) is 8.07 Å². The highest BCUT2D eigenvalue weighted by molar-refractivity contribution is 6.80. The number of hydrogen-bond acceptors (Lipinski definition) is 1. The van der Waals surface area contributed by atoms with Crippen LogP contribution >= 0.6 is 0 Å². The summed E-state index contributed by atoms with van der Waals surface area (Å²) >= 11 is 0. The molecule has 0 amide bonds. The maximum Gasteiger partial charge on any atom is 0.0678 e. The highest BCUT2D eigenvalue weighted by atomic mass is 28.3. The van der Waals surface area contributed by atoms with Crippen molar-refractivity contribution in [3.05, 3.63) is 0 Å². The van der Waals surface area contributed by atoms with E-state index in [4.69, 9.17) is 0 Å². The van der Waals surface area contributed by atoms with Gasteiger partial charge in [-0.3, -0.25) is 0 Å². The van der Waals surface area contributed by atoms with Crippen LogP contribution < -0.4 is 5.32 Å². The van der Waals surface area contributed by atoms with Gasteiger partial charge in [-0.25, -0.2) is 0 Å². The molecule has 2 heteroatoms. The predicted octanol–water partition coefficient (Wildman–Crippen LogP) is 1.62. The Balaban J connectivity index is 2.18. The minimum Gasteiger partial charge on any atom is -0.314 e. The van der Waals surface area contributed by atoms with Crippen LogP contribution in [0.25, 0.3) is 0 Å². The van der Waals surface area contributed by atoms with Crippen LogP contribution in [0.5, 0.6) is 0 Å². The minimum atomic E-state index is -0.885. The van der Waals surface area contributed by atoms with Gasteiger partial charge < -0.3 is 5.32 Å². The largest absolute Gasteiger partial charge is 0.314 e. The molecule has 0 aromatic heterocycles. The first-order valence-electron chi connectivity index (χ1n) is 4.31. The Hall–Kier alpha value is 0.177. The molecule has 10 heavy (non-hydrogen) atoms. The van der Waals surface area contributed by atoms with Crippen molar-refractivity contribution in [3.63, 3.8) is 0 Å². The number of hydrogen-bond donors (Lipinski definition) is 1. The second-order valence-electron chi connectivity index (χ2n) is 4.84. The lowest BCUT2D eigenvalue weighted by Gasteiger charge is -2.27. The molecule has 0 spiro atoms. The third kappa shape index (κ3) is 0.664. The molecule has 1 saturated heterocycles. The number of fused-ring (bicyclic) bond motifs is 1. The Morgan fingerprint density at radius 3 is 2.30 bits per heavy atom. The minimum absolute atomic E-state index is 0.688. The van der Waals surface area contributed by atoms with Crippen molar-refractivity contribution in [2.75, 3.05) is 6.54 Å². The number of piperidine rings is 1. The molecule has 2 fully saturated rings. The van der Waals surface area contributed by atoms with Gasteiger partial charge >= 0.3 is 0 Å². The zero-order chi connectivity index (χ0) is 7.41. The molecule has 0 aromatic carbocycles. The van der Waals surface area contributed by atoms with Crippen LogP contribution in [0.2, 0.25) is 19.6 Å². The van der Waals surface area contributed by atoms with Crippen molar-refractivity contribution in [3.8, 4) is 0 Å². The average molecular weight is 155 g/mol. The predicted molar refractivity (Wildman–Crippen MR) is 46.8 cm³/mol. The van der Waals surface area contributed by atoms with Gasteiger partial charge in [0.2, 0.25) is 0 Å². The molecule has 58 valence electrons. The fourth-order valence-electron chi connectivity index (χ4n) is 2.55. The highest BCUT2D eigenvalue weighted by Crippen LogP contribution is 2.54. The van der Waals surface area contributed by atoms with E-state index in [0.29, 0.717) is 5.16 Å². The van der Waals surface area contributed by atoms with E-state index < -0.39 is 8.07 Å². The van der Waals surface area contributed by atoms with E-state index in [9.17, 15) is 0 Å². The van der Waals surface area contributed by atoms with Crippen LogP contribution in [0.4, 0.5) is 0 Å². The van der Waals surface area contributed by atoms with Crippen LogP contribution in [-0.2, 0) is 0 Å². The molecule has 1 saturated carbocycles. The number of nitrogens with one attached hydrogen (secondary N) is 1. The Kier molecular flexibility index (Phi) is 1.14. The number of rotatable bonds is 1. The molecule has 2 rings (SSSR count). The first-order valence-corrected chi connectivity index (χ1v) is 7.81. The Morgan fingerprint density at radius 2 is 2.10 bits per heavy atom. The highest BCUT2D eigenvalue weighted by Gasteiger charge is 2.63. The lowest BCUT2D eigenvalue weighted by molar-refractivity contribution is 0.689. The van der Waals surface area contributed by atoms with E-state index in [2.05, 4.69) is 25.0 Å². The van der Waals surface area contributed by atoms with Gasteiger partial charge in [0.15, 0.2) is 0 Å². The van der Waals surface area contributed by atoms with Crippen LogP contribution in [0.1, 0.15) is 12.8 Å². The van der Waals surface area contributed by atoms with Crippen LogP contribution in [-0.4, -0.2) is 19.8 Å². The van der Waals surface area contributed by atoms with E-state index in [0.717, 1.165) is 5.92 Å². The summed E-state index contributed by atoms with van der Waals surface area (Å²) in [5, 5.41) is 4.40. The van der Waals surface area contributed by atoms with Crippen LogP contribution in [0.15, 0.2) is 0 Å². The van der Waals surface area contributed by atoms with E-state index in [1.165, 1.54) is 19.4 Å². The van der Waals surface area contributed by atoms with E-state index in [-0.39, 0.29) is 0 Å². The van der Waals surface area contributed by atoms with Gasteiger partial charge in [-0.2, -0.15) is 0 Å². The summed E-state index contributed by atoms with van der Waals surface area (Å²) in [6.07, 6.45) is 2.94. The molecule has 1 nitrogen and oxygen atoms in total. The van der Waals surface area contributed by atoms with Gasteiger partial charge in [0.25, 0.3) is 0 Å². The SMILES string of the molecule is C[Si](C)(C)[C@]12C[C@H]1CCN2. The van der Waals surface area contributed by atoms with E-state index in [1.807, 2.05) is 0 Å². The summed E-state index contributed by atoms with van der Waals surface area (Å²) in [6.45, 7) is 8.76. The van der Waals surface area contributed by atoms with Crippen LogP contribution in [0.3, 0.4) is 0 Å². The second kappa shape index (κ2) is 1.67. The fraction of sp³-hybridized carbons (Fsp3) is 1.00. The van der Waals surface area contributed by atoms with Gasteiger partial charge in [-0.15, -0.1) is 0 Å². The third-order valence-corrected chi connectivity index (χ3v) is 6.84. The van der Waals surface area contributed by atoms with Gasteiger partial charge in [0.1, 0.15) is 0 Å². The lowest BCUT2D eigenvalue weighted by Crippen LogP contribution is -2.50. The topological polar surface area (TPSA) is 12.0 Å². The first kappa shape index (κ1) is 6.86. The van der Waals surface area contributed by atoms with Crippen molar-refractivity contribution in [1.29, 1.82) is 0 Å². The molecule has 0 aromatic rings. The molecule has 1 aliphatic heterocycles. The summed E-state index contributed by atoms with van der Waals surface area (Å²) in [4.78, 5) is 0. The van der Waals surface area contributed by atoms with Crippen molar-refractivity contribution < 1.29 is 0 Å². The third-order valence-electron chi connectivity index (χ3n) is 3.38. The van der Waals surface area contributed by atoms with Gasteiger partial charge in [0, 0.05) is 5.16 Å². The Labute approximate surface area is 64.2 Å². The zero-order valence-corrected chi connectivity index (χ0v) is 8.20. The monoisotopic (exact) mass is 155 g/mol. The molecule has 1 heterocycles. The van der Waals surface area contributed by atoms with E-state index >= 15 is 0 Å². The maximum atomic E-state index is 3.71. The molecule has 1 aliphatic carbocycles. The summed E-state index contributed by atoms with van der Waals surface area (Å²) in [7, 11) is -0.885. The molecule has 1 N–H and O–H groups in total. The summed E-state index contributed by atoms with van der Waals surface area (Å²) in [5.41, 5.74) is 0. The molecule has 2 aliphatic rings. The first-order chi connectivity index (χ1) is 4.56. The van der Waals surface area contributed by atoms with Crippen molar-refractivity contribution in [2.45, 2.75) is 37.6 Å². The quantitative estimate of drug-likeness (QED) is 0.567. The van der Waals surface area contributed by atoms with E-state index in [1.54, 1.807) is 0 Å². The molecule has 0 unspecified atom stereocenters. The van der Waals surface area contributed by atoms with Crippen molar-refractivity contribution in [2.24, 2.45) is 5.92 Å². The second-order valence-corrected chi connectivity index (χ2v) is 10.2. The van der Waals surface area contributed by atoms with Crippen molar-refractivity contribution in [1.82, 2.24) is 5.32 Å². The lowest BCUT2D eigenvalue weighted by atomic mass is 10.3. The van der Waals surface area contributed by atoms with Gasteiger partial charge in [-0.1, -0.05) is 19.6 Å². The standard InChI is InChI=1S/C8H17NSi/c1-10(2,3)8-6-7(8)4-5-9-8/h7,9H,4-6H2,1-3H3/t7-,8-/m1/s1. The summed E-state index contributed by atoms with van der Waals surface area (Å²) in [6, 6.07) is 0. The Morgan fingerprint density at radius 1 is 1.40 bits per heavy atom. The van der Waals surface area contributed by atoms with Crippen molar-refractivity contribution >= 4 is 8.07 Å². The normalized spacial score (nSPS) is 45.3. The smallest absolute Gasteiger partial charge is 0.0678 e. The van der Waals surface area contributed by atoms with Gasteiger partial charge in [-0.05, 0) is 25.3 Å². The molecule has 2 atom stereocenters. The summed E-state index contributed by atoms with van der Waals surface area (Å²) < 4.78 is 0. The zero-order valence-electron chi connectivity index (χ0n) is 7.20. The summed E-state index contributed by atoms with van der Waals surface area (Å²) in [5.74, 6) is 1.07. The van der Waals surface area contributed by atoms with Crippen LogP contribution in [0, 0.1) is 5.92 Å².